The van der Waals surface area contributed by atoms with Gasteiger partial charge in [0.2, 0.25) is 0 Å². The molecule has 0 spiro atoms. The van der Waals surface area contributed by atoms with E-state index >= 15 is 0 Å². The van der Waals surface area contributed by atoms with Crippen LogP contribution >= 0.6 is 23.5 Å². The smallest absolute Gasteiger partial charge is 0.319 e. The molecule has 0 aliphatic heterocycles. The number of hydrogen-bond acceptors (Lipinski definition) is 6. The number of thioether (sulfide) groups is 2. The quantitative estimate of drug-likeness (QED) is 0.0639. The summed E-state index contributed by atoms with van der Waals surface area (Å²) >= 11 is 2.81. The molecule has 0 saturated carbocycles. The van der Waals surface area contributed by atoms with E-state index in [4.69, 9.17) is 9.94 Å². The van der Waals surface area contributed by atoms with Gasteiger partial charge in [-0.05, 0) is 68.3 Å². The molecule has 39 heavy (non-hydrogen) atoms. The Balaban J connectivity index is 0.000000391. The largest absolute Gasteiger partial charge is 0.465 e. The first-order chi connectivity index (χ1) is 18.8. The van der Waals surface area contributed by atoms with Crippen molar-refractivity contribution >= 4 is 35.4 Å². The summed E-state index contributed by atoms with van der Waals surface area (Å²) in [5.41, 5.74) is 1.70. The fourth-order valence-electron chi connectivity index (χ4n) is 3.64. The highest BCUT2D eigenvalue weighted by Gasteiger charge is 2.21. The molecule has 2 aromatic rings. The molecular formula is C30H43F2NO4S2. The lowest BCUT2D eigenvalue weighted by molar-refractivity contribution is -0.142. The molecule has 2 aromatic carbocycles. The maximum Gasteiger partial charge on any atom is 0.319 e. The van der Waals surface area contributed by atoms with E-state index < -0.39 is 5.91 Å². The summed E-state index contributed by atoms with van der Waals surface area (Å²) in [5.74, 6) is -1.12. The summed E-state index contributed by atoms with van der Waals surface area (Å²) in [6.07, 6.45) is 10.3. The molecule has 5 nitrogen and oxygen atoms in total. The van der Waals surface area contributed by atoms with E-state index in [1.165, 1.54) is 60.6 Å². The fraction of sp³-hybridized carbons (Fsp3) is 0.533. The summed E-state index contributed by atoms with van der Waals surface area (Å²) in [5, 5.41) is 8.22. The molecule has 0 radical (unpaired) electrons. The molecule has 0 aliphatic rings. The van der Waals surface area contributed by atoms with Gasteiger partial charge in [0.05, 0.1) is 11.9 Å². The SMILES string of the molecule is CCCCCCC(Sc1ccc(F)cc1)C(=O)NO.CCCCCCC(Sc1ccc(F)cc1)C(=O)OCC. The van der Waals surface area contributed by atoms with Gasteiger partial charge in [0.1, 0.15) is 16.9 Å². The van der Waals surface area contributed by atoms with Crippen molar-refractivity contribution in [3.8, 4) is 0 Å². The van der Waals surface area contributed by atoms with E-state index in [0.717, 1.165) is 54.7 Å². The number of unbranched alkanes of at least 4 members (excludes halogenated alkanes) is 6. The van der Waals surface area contributed by atoms with Crippen molar-refractivity contribution in [2.75, 3.05) is 6.61 Å². The Hall–Kier alpha value is -2.10. The van der Waals surface area contributed by atoms with Crippen LogP contribution in [0.1, 0.15) is 85.0 Å². The third kappa shape index (κ3) is 15.9. The van der Waals surface area contributed by atoms with Crippen molar-refractivity contribution in [2.24, 2.45) is 0 Å². The van der Waals surface area contributed by atoms with Crippen LogP contribution in [-0.4, -0.2) is 34.2 Å². The highest BCUT2D eigenvalue weighted by molar-refractivity contribution is 8.00. The van der Waals surface area contributed by atoms with Crippen molar-refractivity contribution in [3.63, 3.8) is 0 Å². The second-order valence-electron chi connectivity index (χ2n) is 9.05. The van der Waals surface area contributed by atoms with Gasteiger partial charge in [0, 0.05) is 9.79 Å². The van der Waals surface area contributed by atoms with Gasteiger partial charge in [-0.15, -0.1) is 23.5 Å². The maximum atomic E-state index is 12.9. The van der Waals surface area contributed by atoms with E-state index in [-0.39, 0.29) is 28.1 Å². The van der Waals surface area contributed by atoms with Crippen LogP contribution in [0.4, 0.5) is 8.78 Å². The maximum absolute atomic E-state index is 12.9. The second kappa shape index (κ2) is 21.7. The summed E-state index contributed by atoms with van der Waals surface area (Å²) in [4.78, 5) is 25.3. The topological polar surface area (TPSA) is 75.6 Å². The normalized spacial score (nSPS) is 12.2. The Morgan fingerprint density at radius 3 is 1.59 bits per heavy atom. The number of nitrogens with one attached hydrogen (secondary N) is 1. The number of ether oxygens (including phenoxy) is 1. The molecule has 2 rings (SSSR count). The number of carbonyl (C=O) groups excluding carboxylic acids is 2. The second-order valence-corrected chi connectivity index (χ2v) is 11.6. The van der Waals surface area contributed by atoms with Crippen molar-refractivity contribution in [1.29, 1.82) is 0 Å². The molecule has 2 atom stereocenters. The van der Waals surface area contributed by atoms with Crippen molar-refractivity contribution < 1.29 is 28.3 Å². The summed E-state index contributed by atoms with van der Waals surface area (Å²) in [6, 6.07) is 12.3. The van der Waals surface area contributed by atoms with Gasteiger partial charge < -0.3 is 4.74 Å². The summed E-state index contributed by atoms with van der Waals surface area (Å²) < 4.78 is 30.8. The van der Waals surface area contributed by atoms with E-state index in [0.29, 0.717) is 13.0 Å². The standard InChI is InChI=1S/C16H23FO2S.C14H20FNO2S/c1-3-5-6-7-8-15(16(18)19-4-2)20-14-11-9-13(17)10-12-14;1-2-3-4-5-6-13(14(17)16-18)19-12-9-7-11(15)8-10-12/h9-12,15H,3-8H2,1-2H3;7-10,13,18H,2-6H2,1H3,(H,16,17). The van der Waals surface area contributed by atoms with E-state index in [9.17, 15) is 18.4 Å². The number of esters is 1. The molecule has 0 bridgehead atoms. The monoisotopic (exact) mass is 583 g/mol. The number of rotatable bonds is 17. The average Bonchev–Trinajstić information content (AvgIpc) is 2.94. The Labute approximate surface area is 240 Å². The molecule has 0 saturated heterocycles. The third-order valence-electron chi connectivity index (χ3n) is 5.78. The van der Waals surface area contributed by atoms with Crippen LogP contribution in [0.3, 0.4) is 0 Å². The minimum atomic E-state index is -0.397. The first-order valence-electron chi connectivity index (χ1n) is 13.8. The number of hydroxylamine groups is 1. The Morgan fingerprint density at radius 1 is 0.744 bits per heavy atom. The Kier molecular flexibility index (Phi) is 19.4. The van der Waals surface area contributed by atoms with Gasteiger partial charge in [-0.1, -0.05) is 65.2 Å². The highest BCUT2D eigenvalue weighted by Crippen LogP contribution is 2.29. The summed E-state index contributed by atoms with van der Waals surface area (Å²) in [6.45, 7) is 6.50. The Morgan fingerprint density at radius 2 is 1.18 bits per heavy atom. The number of hydrogen-bond donors (Lipinski definition) is 2. The molecule has 0 aromatic heterocycles. The first kappa shape index (κ1) is 34.9. The van der Waals surface area contributed by atoms with Crippen LogP contribution in [0, 0.1) is 11.6 Å². The van der Waals surface area contributed by atoms with Gasteiger partial charge in [0.15, 0.2) is 0 Å². The van der Waals surface area contributed by atoms with Crippen molar-refractivity contribution in [2.45, 2.75) is 105 Å². The van der Waals surface area contributed by atoms with Crippen molar-refractivity contribution in [3.05, 3.63) is 60.2 Å². The zero-order chi connectivity index (χ0) is 28.9. The van der Waals surface area contributed by atoms with Crippen LogP contribution in [0.15, 0.2) is 58.3 Å². The Bertz CT molecular complexity index is 930. The molecule has 2 N–H and O–H groups in total. The summed E-state index contributed by atoms with van der Waals surface area (Å²) in [7, 11) is 0. The van der Waals surface area contributed by atoms with Crippen LogP contribution < -0.4 is 5.48 Å². The first-order valence-corrected chi connectivity index (χ1v) is 15.5. The van der Waals surface area contributed by atoms with Crippen LogP contribution in [0.25, 0.3) is 0 Å². The van der Waals surface area contributed by atoms with Gasteiger partial charge in [-0.2, -0.15) is 0 Å². The predicted molar refractivity (Wildman–Crippen MR) is 156 cm³/mol. The average molecular weight is 584 g/mol. The van der Waals surface area contributed by atoms with Gasteiger partial charge in [0.25, 0.3) is 5.91 Å². The number of halogens is 2. The lowest BCUT2D eigenvalue weighted by Crippen LogP contribution is -2.30. The lowest BCUT2D eigenvalue weighted by atomic mass is 10.1. The molecule has 0 fully saturated rings. The van der Waals surface area contributed by atoms with Gasteiger partial charge in [-0.3, -0.25) is 14.8 Å². The lowest BCUT2D eigenvalue weighted by Gasteiger charge is -2.15. The number of benzene rings is 2. The van der Waals surface area contributed by atoms with E-state index in [2.05, 4.69) is 13.8 Å². The molecule has 0 heterocycles. The fourth-order valence-corrected chi connectivity index (χ4v) is 5.78. The molecule has 218 valence electrons. The van der Waals surface area contributed by atoms with Crippen LogP contribution in [0.5, 0.6) is 0 Å². The predicted octanol–water partition coefficient (Wildman–Crippen LogP) is 8.58. The number of carbonyl (C=O) groups is 2. The molecule has 0 aliphatic carbocycles. The van der Waals surface area contributed by atoms with Crippen molar-refractivity contribution in [1.82, 2.24) is 5.48 Å². The zero-order valence-corrected chi connectivity index (χ0v) is 24.9. The van der Waals surface area contributed by atoms with E-state index in [1.807, 2.05) is 6.92 Å². The molecule has 9 heteroatoms. The zero-order valence-electron chi connectivity index (χ0n) is 23.3. The molecular weight excluding hydrogens is 540 g/mol. The van der Waals surface area contributed by atoms with Crippen LogP contribution in [0.2, 0.25) is 0 Å². The molecule has 1 amide bonds. The highest BCUT2D eigenvalue weighted by atomic mass is 32.2. The third-order valence-corrected chi connectivity index (χ3v) is 8.31. The van der Waals surface area contributed by atoms with Gasteiger partial charge >= 0.3 is 5.97 Å². The molecule has 2 unspecified atom stereocenters. The van der Waals surface area contributed by atoms with E-state index in [1.54, 1.807) is 29.7 Å². The number of amides is 1. The van der Waals surface area contributed by atoms with Crippen LogP contribution in [-0.2, 0) is 14.3 Å². The minimum Gasteiger partial charge on any atom is -0.465 e. The van der Waals surface area contributed by atoms with Gasteiger partial charge in [-0.25, -0.2) is 14.3 Å². The minimum absolute atomic E-state index is 0.168.